The van der Waals surface area contributed by atoms with E-state index in [1.54, 1.807) is 6.20 Å². The summed E-state index contributed by atoms with van der Waals surface area (Å²) in [5.74, 6) is 0.876. The van der Waals surface area contributed by atoms with Crippen LogP contribution in [0.25, 0.3) is 0 Å². The Morgan fingerprint density at radius 2 is 2.16 bits per heavy atom. The summed E-state index contributed by atoms with van der Waals surface area (Å²) in [6, 6.07) is 7.87. The van der Waals surface area contributed by atoms with Crippen molar-refractivity contribution < 1.29 is 0 Å². The Morgan fingerprint density at radius 3 is 2.84 bits per heavy atom. The van der Waals surface area contributed by atoms with Crippen LogP contribution in [0.2, 0.25) is 5.02 Å². The van der Waals surface area contributed by atoms with Crippen LogP contribution in [-0.4, -0.2) is 23.6 Å². The first-order valence-electron chi connectivity index (χ1n) is 6.16. The van der Waals surface area contributed by atoms with Gasteiger partial charge in [0, 0.05) is 44.6 Å². The van der Waals surface area contributed by atoms with Gasteiger partial charge in [-0.25, -0.2) is 4.98 Å². The van der Waals surface area contributed by atoms with Crippen molar-refractivity contribution in [2.24, 2.45) is 5.73 Å². The normalized spacial score (nSPS) is 10.5. The van der Waals surface area contributed by atoms with Crippen LogP contribution in [0, 0.1) is 0 Å². The lowest BCUT2D eigenvalue weighted by atomic mass is 10.2. The van der Waals surface area contributed by atoms with Gasteiger partial charge in [-0.05, 0) is 23.8 Å². The molecule has 0 aliphatic rings. The number of nitrogens with zero attached hydrogens (tertiary/aromatic N) is 3. The molecule has 0 aliphatic carbocycles. The van der Waals surface area contributed by atoms with E-state index in [1.165, 1.54) is 0 Å². The van der Waals surface area contributed by atoms with E-state index in [9.17, 15) is 0 Å². The SMILES string of the molecule is CN(CCc1ccccn1)c1cc(CN)c(Cl)cn1. The van der Waals surface area contributed by atoms with Gasteiger partial charge in [0.15, 0.2) is 0 Å². The second-order valence-corrected chi connectivity index (χ2v) is 4.74. The molecule has 2 N–H and O–H groups in total. The molecule has 0 saturated carbocycles. The Balaban J connectivity index is 2.02. The van der Waals surface area contributed by atoms with Crippen molar-refractivity contribution in [1.82, 2.24) is 9.97 Å². The number of rotatable bonds is 5. The molecule has 2 rings (SSSR count). The zero-order valence-electron chi connectivity index (χ0n) is 10.9. The van der Waals surface area contributed by atoms with E-state index in [-0.39, 0.29) is 0 Å². The van der Waals surface area contributed by atoms with Gasteiger partial charge in [-0.1, -0.05) is 17.7 Å². The van der Waals surface area contributed by atoms with Crippen molar-refractivity contribution in [2.45, 2.75) is 13.0 Å². The van der Waals surface area contributed by atoms with E-state index in [1.807, 2.05) is 37.5 Å². The molecule has 4 nitrogen and oxygen atoms in total. The van der Waals surface area contributed by atoms with Crippen molar-refractivity contribution in [3.8, 4) is 0 Å². The van der Waals surface area contributed by atoms with Crippen molar-refractivity contribution in [3.05, 3.63) is 52.9 Å². The van der Waals surface area contributed by atoms with Gasteiger partial charge in [-0.3, -0.25) is 4.98 Å². The van der Waals surface area contributed by atoms with Crippen LogP contribution in [0.1, 0.15) is 11.3 Å². The van der Waals surface area contributed by atoms with Gasteiger partial charge < -0.3 is 10.6 Å². The molecule has 0 radical (unpaired) electrons. The second-order valence-electron chi connectivity index (χ2n) is 4.33. The first kappa shape index (κ1) is 13.8. The van der Waals surface area contributed by atoms with Gasteiger partial charge in [0.25, 0.3) is 0 Å². The average molecular weight is 277 g/mol. The van der Waals surface area contributed by atoms with Gasteiger partial charge in [0.05, 0.1) is 5.02 Å². The minimum Gasteiger partial charge on any atom is -0.359 e. The quantitative estimate of drug-likeness (QED) is 0.910. The molecule has 0 amide bonds. The van der Waals surface area contributed by atoms with Gasteiger partial charge in [0.1, 0.15) is 5.82 Å². The number of likely N-dealkylation sites (N-methyl/N-ethyl adjacent to an activating group) is 1. The molecule has 0 saturated heterocycles. The largest absolute Gasteiger partial charge is 0.359 e. The highest BCUT2D eigenvalue weighted by atomic mass is 35.5. The van der Waals surface area contributed by atoms with E-state index < -0.39 is 0 Å². The van der Waals surface area contributed by atoms with Crippen LogP contribution in [0.5, 0.6) is 0 Å². The highest BCUT2D eigenvalue weighted by molar-refractivity contribution is 6.31. The summed E-state index contributed by atoms with van der Waals surface area (Å²) in [5, 5.41) is 0.615. The van der Waals surface area contributed by atoms with Crippen molar-refractivity contribution >= 4 is 17.4 Å². The van der Waals surface area contributed by atoms with Crippen molar-refractivity contribution in [3.63, 3.8) is 0 Å². The second kappa shape index (κ2) is 6.50. The number of anilines is 1. The number of aromatic nitrogens is 2. The summed E-state index contributed by atoms with van der Waals surface area (Å²) in [5.41, 5.74) is 7.63. The van der Waals surface area contributed by atoms with E-state index >= 15 is 0 Å². The molecule has 19 heavy (non-hydrogen) atoms. The Hall–Kier alpha value is -1.65. The smallest absolute Gasteiger partial charge is 0.128 e. The Morgan fingerprint density at radius 1 is 1.32 bits per heavy atom. The highest BCUT2D eigenvalue weighted by Gasteiger charge is 2.06. The van der Waals surface area contributed by atoms with E-state index in [4.69, 9.17) is 17.3 Å². The molecule has 0 aromatic carbocycles. The fourth-order valence-corrected chi connectivity index (χ4v) is 1.96. The summed E-state index contributed by atoms with van der Waals surface area (Å²) < 4.78 is 0. The monoisotopic (exact) mass is 276 g/mol. The summed E-state index contributed by atoms with van der Waals surface area (Å²) in [4.78, 5) is 10.7. The van der Waals surface area contributed by atoms with Crippen LogP contribution < -0.4 is 10.6 Å². The number of pyridine rings is 2. The van der Waals surface area contributed by atoms with Gasteiger partial charge in [0.2, 0.25) is 0 Å². The summed E-state index contributed by atoms with van der Waals surface area (Å²) in [6.07, 6.45) is 4.33. The number of nitrogens with two attached hydrogens (primary N) is 1. The van der Waals surface area contributed by atoms with E-state index in [2.05, 4.69) is 14.9 Å². The predicted molar refractivity (Wildman–Crippen MR) is 78.3 cm³/mol. The summed E-state index contributed by atoms with van der Waals surface area (Å²) in [7, 11) is 2.00. The van der Waals surface area contributed by atoms with Crippen LogP contribution in [0.4, 0.5) is 5.82 Å². The molecule has 0 aliphatic heterocycles. The summed E-state index contributed by atoms with van der Waals surface area (Å²) in [6.45, 7) is 1.26. The van der Waals surface area contributed by atoms with Gasteiger partial charge in [-0.15, -0.1) is 0 Å². The third-order valence-corrected chi connectivity index (χ3v) is 3.30. The summed E-state index contributed by atoms with van der Waals surface area (Å²) >= 11 is 6.00. The molecular weight excluding hydrogens is 260 g/mol. The maximum Gasteiger partial charge on any atom is 0.128 e. The molecular formula is C14H17ClN4. The molecule has 2 heterocycles. The average Bonchev–Trinajstić information content (AvgIpc) is 2.46. The number of hydrogen-bond donors (Lipinski definition) is 1. The third-order valence-electron chi connectivity index (χ3n) is 2.96. The number of halogens is 1. The lowest BCUT2D eigenvalue weighted by Crippen LogP contribution is -2.22. The maximum atomic E-state index is 6.00. The van der Waals surface area contributed by atoms with Crippen molar-refractivity contribution in [1.29, 1.82) is 0 Å². The first-order valence-corrected chi connectivity index (χ1v) is 6.54. The molecule has 0 spiro atoms. The fourth-order valence-electron chi connectivity index (χ4n) is 1.78. The number of hydrogen-bond acceptors (Lipinski definition) is 4. The molecule has 2 aromatic rings. The Kier molecular flexibility index (Phi) is 4.71. The fraction of sp³-hybridized carbons (Fsp3) is 0.286. The molecule has 0 bridgehead atoms. The zero-order chi connectivity index (χ0) is 13.7. The molecule has 2 aromatic heterocycles. The van der Waals surface area contributed by atoms with E-state index in [0.29, 0.717) is 11.6 Å². The Labute approximate surface area is 118 Å². The molecule has 0 fully saturated rings. The zero-order valence-corrected chi connectivity index (χ0v) is 11.6. The lowest BCUT2D eigenvalue weighted by molar-refractivity contribution is 0.837. The van der Waals surface area contributed by atoms with Crippen LogP contribution >= 0.6 is 11.6 Å². The third kappa shape index (κ3) is 3.66. The maximum absolute atomic E-state index is 6.00. The minimum absolute atomic E-state index is 0.419. The first-order chi connectivity index (χ1) is 9.20. The molecule has 100 valence electrons. The van der Waals surface area contributed by atoms with Crippen LogP contribution in [0.3, 0.4) is 0 Å². The topological polar surface area (TPSA) is 55.0 Å². The van der Waals surface area contributed by atoms with Crippen LogP contribution in [0.15, 0.2) is 36.7 Å². The standard InChI is InChI=1S/C14H17ClN4/c1-19(7-5-12-4-2-3-6-17-12)14-8-11(9-16)13(15)10-18-14/h2-4,6,8,10H,5,7,9,16H2,1H3. The Bertz CT molecular complexity index is 530. The van der Waals surface area contributed by atoms with Gasteiger partial charge >= 0.3 is 0 Å². The molecule has 0 unspecified atom stereocenters. The predicted octanol–water partition coefficient (Wildman–Crippen LogP) is 2.27. The molecule has 5 heteroatoms. The van der Waals surface area contributed by atoms with E-state index in [0.717, 1.165) is 30.0 Å². The highest BCUT2D eigenvalue weighted by Crippen LogP contribution is 2.19. The molecule has 0 atom stereocenters. The minimum atomic E-state index is 0.419. The van der Waals surface area contributed by atoms with Gasteiger partial charge in [-0.2, -0.15) is 0 Å². The lowest BCUT2D eigenvalue weighted by Gasteiger charge is -2.18. The van der Waals surface area contributed by atoms with Crippen molar-refractivity contribution in [2.75, 3.05) is 18.5 Å². The van der Waals surface area contributed by atoms with Crippen LogP contribution in [-0.2, 0) is 13.0 Å².